The molecule has 0 aliphatic rings. The summed E-state index contributed by atoms with van der Waals surface area (Å²) in [4.78, 5) is 56.5. The summed E-state index contributed by atoms with van der Waals surface area (Å²) in [5.74, 6) is -1.23. The van der Waals surface area contributed by atoms with E-state index in [0.717, 1.165) is 129 Å². The highest BCUT2D eigenvalue weighted by Crippen LogP contribution is 2.16. The van der Waals surface area contributed by atoms with E-state index in [1.807, 2.05) is 21.0 Å². The Labute approximate surface area is 400 Å². The van der Waals surface area contributed by atoms with Crippen LogP contribution in [0.4, 0.5) is 0 Å². The van der Waals surface area contributed by atoms with Crippen molar-refractivity contribution in [2.24, 2.45) is 0 Å². The lowest BCUT2D eigenvalue weighted by molar-refractivity contribution is -0.155. The highest BCUT2D eigenvalue weighted by molar-refractivity contribution is 5.82. The molecule has 1 amide bonds. The van der Waals surface area contributed by atoms with Crippen molar-refractivity contribution in [3.63, 3.8) is 0 Å². The molecule has 0 saturated carbocycles. The molecule has 0 bridgehead atoms. The zero-order valence-corrected chi connectivity index (χ0v) is 43.0. The monoisotopic (exact) mass is 913 g/mol. The lowest BCUT2D eigenvalue weighted by Crippen LogP contribution is -2.47. The van der Waals surface area contributed by atoms with Gasteiger partial charge in [-0.05, 0) is 123 Å². The number of nitrogens with zero attached hydrogens (tertiary/aromatic N) is 2. The summed E-state index contributed by atoms with van der Waals surface area (Å²) in [6.07, 6.45) is 48.3. The summed E-state index contributed by atoms with van der Waals surface area (Å²) >= 11 is 0. The van der Waals surface area contributed by atoms with Gasteiger partial charge in [-0.15, -0.1) is 0 Å². The van der Waals surface area contributed by atoms with Gasteiger partial charge in [0, 0.05) is 25.8 Å². The Balaban J connectivity index is 5.19. The Bertz CT molecular complexity index is 1200. The van der Waals surface area contributed by atoms with Crippen LogP contribution in [0, 0.1) is 0 Å². The molecule has 0 fully saturated rings. The predicted octanol–water partition coefficient (Wildman–Crippen LogP) is 14.5. The van der Waals surface area contributed by atoms with E-state index in [4.69, 9.17) is 14.2 Å². The molecule has 0 radical (unpaired) electrons. The van der Waals surface area contributed by atoms with Crippen molar-refractivity contribution in [1.82, 2.24) is 9.80 Å². The van der Waals surface area contributed by atoms with Crippen LogP contribution in [0.1, 0.15) is 233 Å². The molecule has 65 heavy (non-hydrogen) atoms. The first-order valence-electron chi connectivity index (χ1n) is 26.7. The van der Waals surface area contributed by atoms with E-state index in [9.17, 15) is 19.2 Å². The fraction of sp³-hybridized carbons (Fsp3) is 0.786. The number of amides is 1. The first-order chi connectivity index (χ1) is 31.7. The van der Waals surface area contributed by atoms with Gasteiger partial charge in [-0.25, -0.2) is 0 Å². The molecule has 9 heteroatoms. The number of allylic oxidation sites excluding steroid dienone is 8. The molecule has 1 atom stereocenters. The van der Waals surface area contributed by atoms with E-state index in [1.54, 1.807) is 4.90 Å². The fourth-order valence-electron chi connectivity index (χ4n) is 7.55. The minimum absolute atomic E-state index is 0.0253. The molecule has 0 aromatic rings. The van der Waals surface area contributed by atoms with E-state index < -0.39 is 6.04 Å². The number of unbranched alkanes of at least 4 members (excludes halogenated alkanes) is 18. The van der Waals surface area contributed by atoms with Crippen molar-refractivity contribution in [2.75, 3.05) is 40.4 Å². The zero-order chi connectivity index (χ0) is 47.9. The maximum absolute atomic E-state index is 13.9. The van der Waals surface area contributed by atoms with Crippen molar-refractivity contribution < 1.29 is 33.4 Å². The molecule has 376 valence electrons. The molecular weight excluding hydrogens is 813 g/mol. The van der Waals surface area contributed by atoms with Gasteiger partial charge < -0.3 is 24.0 Å². The fourth-order valence-corrected chi connectivity index (χ4v) is 7.55. The van der Waals surface area contributed by atoms with Crippen LogP contribution in [0.2, 0.25) is 0 Å². The topological polar surface area (TPSA) is 102 Å². The van der Waals surface area contributed by atoms with Crippen LogP contribution in [0.5, 0.6) is 0 Å². The molecule has 0 spiro atoms. The molecule has 0 saturated heterocycles. The van der Waals surface area contributed by atoms with Gasteiger partial charge >= 0.3 is 17.9 Å². The van der Waals surface area contributed by atoms with E-state index in [0.29, 0.717) is 25.8 Å². The second-order valence-electron chi connectivity index (χ2n) is 18.2. The molecule has 0 aliphatic heterocycles. The summed E-state index contributed by atoms with van der Waals surface area (Å²) < 4.78 is 17.3. The average Bonchev–Trinajstić information content (AvgIpc) is 3.29. The molecule has 9 nitrogen and oxygen atoms in total. The van der Waals surface area contributed by atoms with Gasteiger partial charge in [0.2, 0.25) is 5.91 Å². The average molecular weight is 913 g/mol. The highest BCUT2D eigenvalue weighted by Gasteiger charge is 2.27. The normalized spacial score (nSPS) is 12.4. The van der Waals surface area contributed by atoms with E-state index in [1.165, 1.54) is 51.4 Å². The van der Waals surface area contributed by atoms with Gasteiger partial charge in [0.25, 0.3) is 0 Å². The minimum atomic E-state index is -0.653. The number of carbonyl (C=O) groups is 4. The first-order valence-corrected chi connectivity index (χ1v) is 26.7. The summed E-state index contributed by atoms with van der Waals surface area (Å²) in [6, 6.07) is -0.653. The van der Waals surface area contributed by atoms with E-state index >= 15 is 0 Å². The maximum Gasteiger partial charge on any atom is 0.306 e. The molecule has 0 heterocycles. The molecule has 0 aliphatic carbocycles. The summed E-state index contributed by atoms with van der Waals surface area (Å²) in [6.45, 7) is 9.63. The van der Waals surface area contributed by atoms with Crippen LogP contribution >= 0.6 is 0 Å². The smallest absolute Gasteiger partial charge is 0.306 e. The Morgan fingerprint density at radius 2 is 0.877 bits per heavy atom. The Morgan fingerprint density at radius 1 is 0.446 bits per heavy atom. The largest absolute Gasteiger partial charge is 0.463 e. The molecular formula is C56H100N2O7. The molecule has 0 rings (SSSR count). The van der Waals surface area contributed by atoms with Gasteiger partial charge in [0.15, 0.2) is 0 Å². The maximum atomic E-state index is 13.9. The SMILES string of the molecule is CCCCC/C=C\C/C=C\CCCCCCCC(=O)OCC(COC(=O)CCCCCCC/C=C\C/C=C\CCCCC)N(CCCN(C)C)C(=O)CCC(=O)O[C@@H](CC)CCCCC. The Kier molecular flexibility index (Phi) is 45.0. The summed E-state index contributed by atoms with van der Waals surface area (Å²) in [5.41, 5.74) is 0. The van der Waals surface area contributed by atoms with Crippen LogP contribution < -0.4 is 0 Å². The van der Waals surface area contributed by atoms with Crippen molar-refractivity contribution in [2.45, 2.75) is 245 Å². The van der Waals surface area contributed by atoms with Gasteiger partial charge in [-0.3, -0.25) is 19.2 Å². The number of carbonyl (C=O) groups excluding carboxylic acids is 4. The highest BCUT2D eigenvalue weighted by atomic mass is 16.6. The van der Waals surface area contributed by atoms with Crippen LogP contribution in [0.3, 0.4) is 0 Å². The van der Waals surface area contributed by atoms with Gasteiger partial charge in [-0.2, -0.15) is 0 Å². The van der Waals surface area contributed by atoms with Gasteiger partial charge in [-0.1, -0.05) is 153 Å². The third-order valence-corrected chi connectivity index (χ3v) is 11.7. The lowest BCUT2D eigenvalue weighted by Gasteiger charge is -2.32. The minimum Gasteiger partial charge on any atom is -0.463 e. The zero-order valence-electron chi connectivity index (χ0n) is 43.0. The van der Waals surface area contributed by atoms with Crippen LogP contribution in [0.25, 0.3) is 0 Å². The van der Waals surface area contributed by atoms with Crippen LogP contribution in [-0.4, -0.2) is 86.2 Å². The third kappa shape index (κ3) is 41.9. The Hall–Kier alpha value is -3.20. The molecule has 0 N–H and O–H groups in total. The second-order valence-corrected chi connectivity index (χ2v) is 18.2. The van der Waals surface area contributed by atoms with Crippen molar-refractivity contribution >= 4 is 23.8 Å². The van der Waals surface area contributed by atoms with Gasteiger partial charge in [0.05, 0.1) is 12.5 Å². The predicted molar refractivity (Wildman–Crippen MR) is 273 cm³/mol. The molecule has 0 unspecified atom stereocenters. The van der Waals surface area contributed by atoms with Gasteiger partial charge in [0.1, 0.15) is 19.3 Å². The van der Waals surface area contributed by atoms with Crippen molar-refractivity contribution in [3.05, 3.63) is 48.6 Å². The van der Waals surface area contributed by atoms with E-state index in [2.05, 4.69) is 74.3 Å². The Morgan fingerprint density at radius 3 is 1.32 bits per heavy atom. The summed E-state index contributed by atoms with van der Waals surface area (Å²) in [5, 5.41) is 0. The first kappa shape index (κ1) is 61.8. The molecule has 0 aromatic carbocycles. The van der Waals surface area contributed by atoms with E-state index in [-0.39, 0.29) is 56.0 Å². The third-order valence-electron chi connectivity index (χ3n) is 11.7. The standard InChI is InChI=1S/C56H100N2O7/c1-7-11-14-16-18-20-22-24-26-28-30-32-34-36-39-43-54(60)63-49-51(50-64-55(61)44-40-37-35-33-31-29-27-25-23-21-19-17-15-12-8-2)58(48-41-47-57(5)6)53(59)45-46-56(62)65-52(10-4)42-38-13-9-3/h18-21,24-27,51-52H,7-17,22-23,28-50H2,1-6H3/b20-18-,21-19-,26-24-,27-25-/t52-/m0/s1. The lowest BCUT2D eigenvalue weighted by atomic mass is 10.1. The molecule has 0 aromatic heterocycles. The van der Waals surface area contributed by atoms with Crippen LogP contribution in [0.15, 0.2) is 48.6 Å². The van der Waals surface area contributed by atoms with Crippen molar-refractivity contribution in [1.29, 1.82) is 0 Å². The summed E-state index contributed by atoms with van der Waals surface area (Å²) in [7, 11) is 3.96. The number of hydrogen-bond donors (Lipinski definition) is 0. The number of rotatable bonds is 46. The van der Waals surface area contributed by atoms with Crippen molar-refractivity contribution in [3.8, 4) is 0 Å². The number of esters is 3. The number of hydrogen-bond acceptors (Lipinski definition) is 8. The van der Waals surface area contributed by atoms with Crippen LogP contribution in [-0.2, 0) is 33.4 Å². The number of ether oxygens (including phenoxy) is 3. The second kappa shape index (κ2) is 47.3. The quantitative estimate of drug-likeness (QED) is 0.0257.